The molecule has 3 aromatic rings. The first-order valence-electron chi connectivity index (χ1n) is 5.39. The number of rotatable bonds is 0. The molecule has 0 atom stereocenters. The van der Waals surface area contributed by atoms with E-state index in [1.807, 2.05) is 48.1 Å². The summed E-state index contributed by atoms with van der Waals surface area (Å²) in [5.41, 5.74) is 8.51. The van der Waals surface area contributed by atoms with Gasteiger partial charge >= 0.3 is 0 Å². The van der Waals surface area contributed by atoms with E-state index in [1.54, 1.807) is 0 Å². The second-order valence-electron chi connectivity index (χ2n) is 4.13. The van der Waals surface area contributed by atoms with Gasteiger partial charge in [0, 0.05) is 35.1 Å². The van der Waals surface area contributed by atoms with Gasteiger partial charge in [0.1, 0.15) is 6.07 Å². The molecule has 1 aromatic heterocycles. The summed E-state index contributed by atoms with van der Waals surface area (Å²) in [7, 11) is 1.93. The Bertz CT molecular complexity index is 775. The van der Waals surface area contributed by atoms with Gasteiger partial charge in [0.15, 0.2) is 0 Å². The van der Waals surface area contributed by atoms with Crippen molar-refractivity contribution in [3.63, 3.8) is 0 Å². The van der Waals surface area contributed by atoms with E-state index in [-0.39, 0.29) is 0 Å². The quantitative estimate of drug-likeness (QED) is 0.593. The van der Waals surface area contributed by atoms with Crippen molar-refractivity contribution in [1.29, 1.82) is 5.26 Å². The average Bonchev–Trinajstić information content (AvgIpc) is 2.73. The fourth-order valence-electron chi connectivity index (χ4n) is 2.38. The summed E-state index contributed by atoms with van der Waals surface area (Å²) < 4.78 is 1.94. The number of aryl methyl sites for hydroxylation is 1. The lowest BCUT2D eigenvalue weighted by Crippen LogP contribution is -1.95. The number of benzene rings is 2. The Hall–Kier alpha value is -2.47. The van der Waals surface area contributed by atoms with Gasteiger partial charge in [0.05, 0.1) is 11.1 Å². The standard InChI is InChI=1S/C14H11N3/c1-17-7-6-11-13(16)10-5-3-2-4-9(10)12(8-15)14(11)17/h2-7H,16H2,1H3. The van der Waals surface area contributed by atoms with Crippen LogP contribution in [0.5, 0.6) is 0 Å². The highest BCUT2D eigenvalue weighted by Crippen LogP contribution is 2.34. The van der Waals surface area contributed by atoms with Gasteiger partial charge in [-0.1, -0.05) is 24.3 Å². The van der Waals surface area contributed by atoms with E-state index < -0.39 is 0 Å². The van der Waals surface area contributed by atoms with Crippen molar-refractivity contribution >= 4 is 27.4 Å². The molecule has 0 fully saturated rings. The van der Waals surface area contributed by atoms with E-state index in [9.17, 15) is 5.26 Å². The van der Waals surface area contributed by atoms with Crippen molar-refractivity contribution < 1.29 is 0 Å². The average molecular weight is 221 g/mol. The maximum atomic E-state index is 9.36. The van der Waals surface area contributed by atoms with Gasteiger partial charge in [-0.25, -0.2) is 0 Å². The lowest BCUT2D eigenvalue weighted by Gasteiger charge is -2.08. The van der Waals surface area contributed by atoms with Gasteiger partial charge in [0.2, 0.25) is 0 Å². The third-order valence-electron chi connectivity index (χ3n) is 3.20. The van der Waals surface area contributed by atoms with Crippen molar-refractivity contribution in [3.05, 3.63) is 42.1 Å². The molecule has 0 aliphatic carbocycles. The van der Waals surface area contributed by atoms with Gasteiger partial charge in [-0.3, -0.25) is 0 Å². The van der Waals surface area contributed by atoms with Gasteiger partial charge in [-0.2, -0.15) is 5.26 Å². The lowest BCUT2D eigenvalue weighted by molar-refractivity contribution is 0.968. The summed E-state index contributed by atoms with van der Waals surface area (Å²) in [6.07, 6.45) is 1.93. The van der Waals surface area contributed by atoms with E-state index in [4.69, 9.17) is 5.73 Å². The van der Waals surface area contributed by atoms with Gasteiger partial charge in [-0.05, 0) is 6.07 Å². The molecule has 2 N–H and O–H groups in total. The molecule has 2 aromatic carbocycles. The molecule has 0 unspecified atom stereocenters. The van der Waals surface area contributed by atoms with E-state index in [2.05, 4.69) is 6.07 Å². The Kier molecular flexibility index (Phi) is 1.87. The van der Waals surface area contributed by atoms with Crippen molar-refractivity contribution in [3.8, 4) is 6.07 Å². The first kappa shape index (κ1) is 9.73. The Morgan fingerprint density at radius 2 is 1.82 bits per heavy atom. The molecule has 0 spiro atoms. The van der Waals surface area contributed by atoms with Crippen LogP contribution in [0.25, 0.3) is 21.7 Å². The van der Waals surface area contributed by atoms with Gasteiger partial charge < -0.3 is 10.3 Å². The largest absolute Gasteiger partial charge is 0.398 e. The Balaban J connectivity index is 2.72. The second-order valence-corrected chi connectivity index (χ2v) is 4.13. The van der Waals surface area contributed by atoms with E-state index in [0.717, 1.165) is 27.4 Å². The number of fused-ring (bicyclic) bond motifs is 2. The van der Waals surface area contributed by atoms with Gasteiger partial charge in [-0.15, -0.1) is 0 Å². The Morgan fingerprint density at radius 3 is 2.53 bits per heavy atom. The number of hydrogen-bond acceptors (Lipinski definition) is 2. The minimum absolute atomic E-state index is 0.692. The molecular weight excluding hydrogens is 210 g/mol. The molecule has 0 saturated carbocycles. The van der Waals surface area contributed by atoms with Crippen LogP contribution in [-0.4, -0.2) is 4.57 Å². The van der Waals surface area contributed by atoms with Crippen molar-refractivity contribution in [2.24, 2.45) is 7.05 Å². The van der Waals surface area contributed by atoms with E-state index in [1.165, 1.54) is 0 Å². The molecule has 0 saturated heterocycles. The number of nitrogens with two attached hydrogens (primary N) is 1. The molecular formula is C14H11N3. The van der Waals surface area contributed by atoms with Crippen LogP contribution in [-0.2, 0) is 7.05 Å². The second kappa shape index (κ2) is 3.26. The SMILES string of the molecule is Cn1ccc2c(N)c3ccccc3c(C#N)c21. The predicted molar refractivity (Wildman–Crippen MR) is 69.6 cm³/mol. The predicted octanol–water partition coefficient (Wildman–Crippen LogP) is 2.79. The summed E-state index contributed by atoms with van der Waals surface area (Å²) >= 11 is 0. The zero-order valence-corrected chi connectivity index (χ0v) is 9.44. The van der Waals surface area contributed by atoms with Crippen molar-refractivity contribution in [2.45, 2.75) is 0 Å². The maximum Gasteiger partial charge on any atom is 0.102 e. The monoisotopic (exact) mass is 221 g/mol. The summed E-state index contributed by atoms with van der Waals surface area (Å²) in [4.78, 5) is 0. The molecule has 0 radical (unpaired) electrons. The molecule has 0 aliphatic heterocycles. The molecule has 1 heterocycles. The topological polar surface area (TPSA) is 54.7 Å². The van der Waals surface area contributed by atoms with Crippen LogP contribution < -0.4 is 5.73 Å². The van der Waals surface area contributed by atoms with Crippen LogP contribution in [0.15, 0.2) is 36.5 Å². The molecule has 0 bridgehead atoms. The highest BCUT2D eigenvalue weighted by molar-refractivity contribution is 6.13. The number of nitrogens with zero attached hydrogens (tertiary/aromatic N) is 2. The Morgan fingerprint density at radius 1 is 1.12 bits per heavy atom. The van der Waals surface area contributed by atoms with Gasteiger partial charge in [0.25, 0.3) is 0 Å². The molecule has 17 heavy (non-hydrogen) atoms. The fraction of sp³-hybridized carbons (Fsp3) is 0.0714. The van der Waals surface area contributed by atoms with Crippen LogP contribution in [0.1, 0.15) is 5.56 Å². The Labute approximate surface area is 98.7 Å². The van der Waals surface area contributed by atoms with E-state index in [0.29, 0.717) is 5.56 Å². The minimum Gasteiger partial charge on any atom is -0.398 e. The third kappa shape index (κ3) is 1.15. The highest BCUT2D eigenvalue weighted by Gasteiger charge is 2.13. The van der Waals surface area contributed by atoms with Crippen molar-refractivity contribution in [2.75, 3.05) is 5.73 Å². The van der Waals surface area contributed by atoms with Crippen LogP contribution >= 0.6 is 0 Å². The first-order chi connectivity index (χ1) is 8.24. The fourth-order valence-corrected chi connectivity index (χ4v) is 2.38. The summed E-state index contributed by atoms with van der Waals surface area (Å²) in [6.45, 7) is 0. The summed E-state index contributed by atoms with van der Waals surface area (Å²) in [5.74, 6) is 0. The van der Waals surface area contributed by atoms with Crippen LogP contribution in [0.2, 0.25) is 0 Å². The first-order valence-corrected chi connectivity index (χ1v) is 5.39. The molecule has 3 heteroatoms. The van der Waals surface area contributed by atoms with Crippen molar-refractivity contribution in [1.82, 2.24) is 4.57 Å². The zero-order valence-electron chi connectivity index (χ0n) is 9.44. The highest BCUT2D eigenvalue weighted by atomic mass is 14.9. The lowest BCUT2D eigenvalue weighted by atomic mass is 10.00. The zero-order chi connectivity index (χ0) is 12.0. The number of hydrogen-bond donors (Lipinski definition) is 1. The third-order valence-corrected chi connectivity index (χ3v) is 3.20. The maximum absolute atomic E-state index is 9.36. The number of nitrogen functional groups attached to an aromatic ring is 1. The van der Waals surface area contributed by atoms with E-state index >= 15 is 0 Å². The number of anilines is 1. The van der Waals surface area contributed by atoms with Crippen LogP contribution in [0.4, 0.5) is 5.69 Å². The van der Waals surface area contributed by atoms with Crippen LogP contribution in [0.3, 0.4) is 0 Å². The van der Waals surface area contributed by atoms with Crippen LogP contribution in [0, 0.1) is 11.3 Å². The molecule has 3 rings (SSSR count). The smallest absolute Gasteiger partial charge is 0.102 e. The summed E-state index contributed by atoms with van der Waals surface area (Å²) in [6, 6.07) is 12.0. The molecule has 0 aliphatic rings. The number of aromatic nitrogens is 1. The number of nitriles is 1. The minimum atomic E-state index is 0.692. The molecule has 82 valence electrons. The molecule has 3 nitrogen and oxygen atoms in total. The molecule has 0 amide bonds. The normalized spacial score (nSPS) is 10.8. The summed E-state index contributed by atoms with van der Waals surface area (Å²) in [5, 5.41) is 12.2.